The first kappa shape index (κ1) is 30.4. The molecule has 4 N–H and O–H groups in total. The summed E-state index contributed by atoms with van der Waals surface area (Å²) in [5.74, 6) is -0.636. The molecular formula is C41H34N4O3. The predicted octanol–water partition coefficient (Wildman–Crippen LogP) is 7.38. The van der Waals surface area contributed by atoms with Crippen LogP contribution in [-0.4, -0.2) is 39.5 Å². The molecule has 236 valence electrons. The zero-order valence-electron chi connectivity index (χ0n) is 26.1. The lowest BCUT2D eigenvalue weighted by molar-refractivity contribution is -0.123. The molecule has 48 heavy (non-hydrogen) atoms. The van der Waals surface area contributed by atoms with E-state index in [4.69, 9.17) is 0 Å². The van der Waals surface area contributed by atoms with E-state index in [2.05, 4.69) is 44.9 Å². The number of phenols is 1. The Bertz CT molecular complexity index is 2170. The second kappa shape index (κ2) is 13.6. The smallest absolute Gasteiger partial charge is 0.251 e. The van der Waals surface area contributed by atoms with Crippen molar-refractivity contribution in [1.82, 2.24) is 20.6 Å². The minimum Gasteiger partial charge on any atom is -0.506 e. The number of carbonyl (C=O) groups is 2. The largest absolute Gasteiger partial charge is 0.506 e. The van der Waals surface area contributed by atoms with E-state index in [1.54, 1.807) is 30.5 Å². The standard InChI is InChI=1S/C41H34N4O3/c46-38-24-32(22-30-17-10-20-42-39(30)38)29-15-9-16-31(21-29)40(47)45-37(23-33-25-43-36-19-8-7-18-34(33)36)41(48)44-26-35(27-11-3-1-4-12-27)28-13-5-2-6-14-28/h1-22,24-25,35,37,43,46H,23,26H2,(H,44,48)(H,45,47). The summed E-state index contributed by atoms with van der Waals surface area (Å²) >= 11 is 0. The lowest BCUT2D eigenvalue weighted by atomic mass is 9.91. The number of aromatic nitrogens is 2. The van der Waals surface area contributed by atoms with Crippen LogP contribution in [0.1, 0.15) is 33.0 Å². The van der Waals surface area contributed by atoms with Crippen molar-refractivity contribution in [2.75, 3.05) is 6.54 Å². The van der Waals surface area contributed by atoms with E-state index >= 15 is 0 Å². The molecule has 0 aliphatic rings. The van der Waals surface area contributed by atoms with Gasteiger partial charge in [0.2, 0.25) is 5.91 Å². The third kappa shape index (κ3) is 6.52. The first-order valence-corrected chi connectivity index (χ1v) is 15.9. The maximum absolute atomic E-state index is 14.0. The van der Waals surface area contributed by atoms with E-state index in [9.17, 15) is 14.7 Å². The molecule has 1 unspecified atom stereocenters. The van der Waals surface area contributed by atoms with Crippen LogP contribution in [0.5, 0.6) is 5.75 Å². The van der Waals surface area contributed by atoms with Crippen LogP contribution in [0.3, 0.4) is 0 Å². The number of carbonyl (C=O) groups excluding carboxylic acids is 2. The lowest BCUT2D eigenvalue weighted by Crippen LogP contribution is -2.48. The van der Waals surface area contributed by atoms with Gasteiger partial charge in [0.15, 0.2) is 0 Å². The Morgan fingerprint density at radius 3 is 2.25 bits per heavy atom. The Kier molecular flexibility index (Phi) is 8.66. The number of phenolic OH excluding ortho intramolecular Hbond substituents is 1. The van der Waals surface area contributed by atoms with Gasteiger partial charge in [0.05, 0.1) is 0 Å². The summed E-state index contributed by atoms with van der Waals surface area (Å²) in [6.07, 6.45) is 3.84. The predicted molar refractivity (Wildman–Crippen MR) is 190 cm³/mol. The maximum atomic E-state index is 14.0. The highest BCUT2D eigenvalue weighted by Gasteiger charge is 2.25. The average Bonchev–Trinajstić information content (AvgIpc) is 3.55. The van der Waals surface area contributed by atoms with Crippen molar-refractivity contribution in [1.29, 1.82) is 0 Å². The quantitative estimate of drug-likeness (QED) is 0.127. The Morgan fingerprint density at radius 2 is 1.48 bits per heavy atom. The number of rotatable bonds is 10. The van der Waals surface area contributed by atoms with Gasteiger partial charge < -0.3 is 20.7 Å². The number of amides is 2. The number of nitrogens with zero attached hydrogens (tertiary/aromatic N) is 1. The Balaban J connectivity index is 1.16. The van der Waals surface area contributed by atoms with E-state index in [0.29, 0.717) is 24.0 Å². The second-order valence-electron chi connectivity index (χ2n) is 11.9. The van der Waals surface area contributed by atoms with Crippen LogP contribution < -0.4 is 10.6 Å². The van der Waals surface area contributed by atoms with Crippen LogP contribution in [0.25, 0.3) is 32.9 Å². The van der Waals surface area contributed by atoms with Crippen molar-refractivity contribution >= 4 is 33.6 Å². The lowest BCUT2D eigenvalue weighted by Gasteiger charge is -2.22. The fraction of sp³-hybridized carbons (Fsp3) is 0.0976. The summed E-state index contributed by atoms with van der Waals surface area (Å²) in [4.78, 5) is 35.4. The van der Waals surface area contributed by atoms with Crippen LogP contribution in [0.2, 0.25) is 0 Å². The topological polar surface area (TPSA) is 107 Å². The van der Waals surface area contributed by atoms with Gasteiger partial charge in [-0.1, -0.05) is 97.1 Å². The minimum absolute atomic E-state index is 0.0639. The molecule has 7 heteroatoms. The summed E-state index contributed by atoms with van der Waals surface area (Å²) in [5.41, 5.74) is 6.51. The van der Waals surface area contributed by atoms with Crippen molar-refractivity contribution in [2.24, 2.45) is 0 Å². The average molecular weight is 631 g/mol. The van der Waals surface area contributed by atoms with Gasteiger partial charge in [0.25, 0.3) is 5.91 Å². The van der Waals surface area contributed by atoms with Crippen molar-refractivity contribution in [3.05, 3.63) is 168 Å². The Labute approximate surface area is 278 Å². The molecule has 7 nitrogen and oxygen atoms in total. The van der Waals surface area contributed by atoms with Gasteiger partial charge >= 0.3 is 0 Å². The number of para-hydroxylation sites is 1. The number of nitrogens with one attached hydrogen (secondary N) is 3. The molecule has 0 aliphatic heterocycles. The highest BCUT2D eigenvalue weighted by atomic mass is 16.3. The molecule has 0 fully saturated rings. The van der Waals surface area contributed by atoms with Crippen LogP contribution in [0, 0.1) is 0 Å². The van der Waals surface area contributed by atoms with Crippen LogP contribution in [0.4, 0.5) is 0 Å². The zero-order valence-corrected chi connectivity index (χ0v) is 26.1. The summed E-state index contributed by atoms with van der Waals surface area (Å²) in [6.45, 7) is 0.364. The number of aromatic amines is 1. The number of fused-ring (bicyclic) bond motifs is 2. The van der Waals surface area contributed by atoms with E-state index < -0.39 is 6.04 Å². The Hall–Kier alpha value is -6.21. The number of hydrogen-bond donors (Lipinski definition) is 4. The molecule has 2 amide bonds. The molecule has 1 atom stereocenters. The molecule has 0 saturated heterocycles. The van der Waals surface area contributed by atoms with Crippen molar-refractivity contribution in [3.63, 3.8) is 0 Å². The zero-order chi connectivity index (χ0) is 32.9. The molecule has 0 spiro atoms. The second-order valence-corrected chi connectivity index (χ2v) is 11.9. The first-order valence-electron chi connectivity index (χ1n) is 15.9. The van der Waals surface area contributed by atoms with Gasteiger partial charge in [-0.15, -0.1) is 0 Å². The molecule has 0 aliphatic carbocycles. The summed E-state index contributed by atoms with van der Waals surface area (Å²) < 4.78 is 0. The van der Waals surface area contributed by atoms with Gasteiger partial charge in [-0.25, -0.2) is 0 Å². The van der Waals surface area contributed by atoms with Crippen LogP contribution in [0.15, 0.2) is 146 Å². The number of hydrogen-bond acceptors (Lipinski definition) is 4. The van der Waals surface area contributed by atoms with Gasteiger partial charge in [0, 0.05) is 53.1 Å². The maximum Gasteiger partial charge on any atom is 0.251 e. The third-order valence-corrected chi connectivity index (χ3v) is 8.75. The fourth-order valence-electron chi connectivity index (χ4n) is 6.28. The van der Waals surface area contributed by atoms with Gasteiger partial charge in [-0.05, 0) is 64.2 Å². The van der Waals surface area contributed by atoms with Gasteiger partial charge in [0.1, 0.15) is 17.3 Å². The minimum atomic E-state index is -0.844. The van der Waals surface area contributed by atoms with E-state index in [-0.39, 0.29) is 23.5 Å². The first-order chi connectivity index (χ1) is 23.5. The molecule has 7 aromatic rings. The highest BCUT2D eigenvalue weighted by Crippen LogP contribution is 2.31. The van der Waals surface area contributed by atoms with Crippen LogP contribution in [-0.2, 0) is 11.2 Å². The number of benzene rings is 5. The Morgan fingerprint density at radius 1 is 0.750 bits per heavy atom. The van der Waals surface area contributed by atoms with Crippen molar-refractivity contribution in [2.45, 2.75) is 18.4 Å². The molecule has 5 aromatic carbocycles. The number of H-pyrrole nitrogens is 1. The summed E-state index contributed by atoms with van der Waals surface area (Å²) in [5, 5.41) is 18.6. The van der Waals surface area contributed by atoms with Gasteiger partial charge in [-0.2, -0.15) is 0 Å². The SMILES string of the molecule is O=C(NC(Cc1c[nH]c2ccccc12)C(=O)NCC(c1ccccc1)c1ccccc1)c1cccc(-c2cc(O)c3ncccc3c2)c1. The molecule has 2 heterocycles. The normalized spacial score (nSPS) is 11.9. The molecule has 0 radical (unpaired) electrons. The molecule has 2 aromatic heterocycles. The molecule has 7 rings (SSSR count). The summed E-state index contributed by atoms with van der Waals surface area (Å²) in [6, 6.07) is 41.7. The monoisotopic (exact) mass is 630 g/mol. The summed E-state index contributed by atoms with van der Waals surface area (Å²) in [7, 11) is 0. The third-order valence-electron chi connectivity index (χ3n) is 8.75. The van der Waals surface area contributed by atoms with E-state index in [0.717, 1.165) is 44.1 Å². The number of aromatic hydroxyl groups is 1. The molecular weight excluding hydrogens is 596 g/mol. The van der Waals surface area contributed by atoms with Gasteiger partial charge in [-0.3, -0.25) is 14.6 Å². The fourth-order valence-corrected chi connectivity index (χ4v) is 6.28. The highest BCUT2D eigenvalue weighted by molar-refractivity contribution is 5.99. The van der Waals surface area contributed by atoms with E-state index in [1.165, 1.54) is 0 Å². The van der Waals surface area contributed by atoms with Crippen LogP contribution >= 0.6 is 0 Å². The van der Waals surface area contributed by atoms with E-state index in [1.807, 2.05) is 91.1 Å². The molecule has 0 bridgehead atoms. The number of pyridine rings is 1. The van der Waals surface area contributed by atoms with Crippen molar-refractivity contribution in [3.8, 4) is 16.9 Å². The molecule has 0 saturated carbocycles. The van der Waals surface area contributed by atoms with Crippen molar-refractivity contribution < 1.29 is 14.7 Å².